The molecule has 0 saturated carbocycles. The Bertz CT molecular complexity index is 1050. The van der Waals surface area contributed by atoms with Crippen LogP contribution in [0.1, 0.15) is 29.7 Å². The number of hydrogen-bond acceptors (Lipinski definition) is 5. The molecule has 2 aromatic carbocycles. The third kappa shape index (κ3) is 6.12. The van der Waals surface area contributed by atoms with E-state index in [1.807, 2.05) is 0 Å². The number of carbonyl (C=O) groups is 3. The first-order chi connectivity index (χ1) is 15.7. The number of benzene rings is 2. The molecule has 2 aromatic rings. The summed E-state index contributed by atoms with van der Waals surface area (Å²) in [5.41, 5.74) is 0.276. The van der Waals surface area contributed by atoms with Crippen LogP contribution in [0.25, 0.3) is 0 Å². The second kappa shape index (κ2) is 10.2. The second-order valence-corrected chi connectivity index (χ2v) is 7.09. The zero-order chi connectivity index (χ0) is 24.0. The number of carbonyl (C=O) groups excluding carboxylic acids is 3. The molecule has 3 rings (SSSR count). The zero-order valence-electron chi connectivity index (χ0n) is 17.6. The van der Waals surface area contributed by atoms with Gasteiger partial charge in [0.2, 0.25) is 0 Å². The summed E-state index contributed by atoms with van der Waals surface area (Å²) in [6.45, 7) is 1.30. The predicted octanol–water partition coefficient (Wildman–Crippen LogP) is 3.66. The highest BCUT2D eigenvalue weighted by Gasteiger charge is 2.34. The van der Waals surface area contributed by atoms with Crippen LogP contribution in [0.3, 0.4) is 0 Å². The molecule has 174 valence electrons. The molecule has 7 nitrogen and oxygen atoms in total. The van der Waals surface area contributed by atoms with Gasteiger partial charge in [0, 0.05) is 0 Å². The summed E-state index contributed by atoms with van der Waals surface area (Å²) in [6.07, 6.45) is -4.76. The minimum atomic E-state index is -4.47. The lowest BCUT2D eigenvalue weighted by atomic mass is 9.95. The zero-order valence-corrected chi connectivity index (χ0v) is 17.6. The molecule has 10 heteroatoms. The van der Waals surface area contributed by atoms with Gasteiger partial charge in [0.1, 0.15) is 6.61 Å². The average Bonchev–Trinajstić information content (AvgIpc) is 2.77. The summed E-state index contributed by atoms with van der Waals surface area (Å²) in [5, 5.41) is 5.13. The number of amides is 2. The van der Waals surface area contributed by atoms with Crippen LogP contribution in [0.15, 0.2) is 65.9 Å². The summed E-state index contributed by atoms with van der Waals surface area (Å²) in [6, 6.07) is 11.4. The van der Waals surface area contributed by atoms with Gasteiger partial charge >= 0.3 is 24.1 Å². The van der Waals surface area contributed by atoms with Crippen molar-refractivity contribution in [1.82, 2.24) is 10.6 Å². The lowest BCUT2D eigenvalue weighted by molar-refractivity contribution is -0.143. The van der Waals surface area contributed by atoms with Gasteiger partial charge in [0.25, 0.3) is 0 Å². The van der Waals surface area contributed by atoms with Gasteiger partial charge in [-0.25, -0.2) is 9.59 Å². The Morgan fingerprint density at radius 3 is 2.27 bits per heavy atom. The summed E-state index contributed by atoms with van der Waals surface area (Å²) < 4.78 is 48.4. The van der Waals surface area contributed by atoms with Crippen molar-refractivity contribution >= 4 is 18.0 Å². The van der Waals surface area contributed by atoms with Gasteiger partial charge in [-0.15, -0.1) is 0 Å². The molecular weight excluding hydrogens is 441 g/mol. The van der Waals surface area contributed by atoms with Gasteiger partial charge in [-0.3, -0.25) is 4.79 Å². The lowest BCUT2D eigenvalue weighted by Crippen LogP contribution is -2.47. The predicted molar refractivity (Wildman–Crippen MR) is 111 cm³/mol. The van der Waals surface area contributed by atoms with Crippen molar-refractivity contribution in [3.8, 4) is 0 Å². The Labute approximate surface area is 187 Å². The smallest absolute Gasteiger partial charge is 0.416 e. The third-order valence-corrected chi connectivity index (χ3v) is 4.79. The standard InChI is InChI=1S/C23H21F3N2O5/c1-2-32-21(30)19-17(27-22(31)28-20(19)15-6-4-3-5-7-15)13-33-18(29)12-14-8-10-16(11-9-14)23(24,25)26/h3-11,20H,2,12-13H2,1H3,(H2,27,28,31). The quantitative estimate of drug-likeness (QED) is 0.613. The van der Waals surface area contributed by atoms with Crippen LogP contribution in [0.4, 0.5) is 18.0 Å². The molecule has 1 atom stereocenters. The minimum absolute atomic E-state index is 0.0619. The molecule has 0 radical (unpaired) electrons. The molecule has 0 aromatic heterocycles. The summed E-state index contributed by atoms with van der Waals surface area (Å²) in [4.78, 5) is 37.1. The minimum Gasteiger partial charge on any atom is -0.463 e. The number of hydrogen-bond donors (Lipinski definition) is 2. The van der Waals surface area contributed by atoms with Crippen molar-refractivity contribution in [2.75, 3.05) is 13.2 Å². The van der Waals surface area contributed by atoms with Gasteiger partial charge < -0.3 is 20.1 Å². The maximum absolute atomic E-state index is 12.7. The Morgan fingerprint density at radius 1 is 1.00 bits per heavy atom. The Balaban J connectivity index is 1.77. The van der Waals surface area contributed by atoms with Gasteiger partial charge in [-0.05, 0) is 30.2 Å². The van der Waals surface area contributed by atoms with Crippen LogP contribution in [0, 0.1) is 0 Å². The van der Waals surface area contributed by atoms with Crippen molar-refractivity contribution in [1.29, 1.82) is 0 Å². The maximum atomic E-state index is 12.7. The molecule has 1 aliphatic heterocycles. The molecule has 0 saturated heterocycles. The number of esters is 2. The van der Waals surface area contributed by atoms with Gasteiger partial charge in [-0.1, -0.05) is 42.5 Å². The van der Waals surface area contributed by atoms with E-state index in [9.17, 15) is 27.6 Å². The molecule has 0 aliphatic carbocycles. The van der Waals surface area contributed by atoms with E-state index in [-0.39, 0.29) is 24.3 Å². The Hall–Kier alpha value is -3.82. The number of urea groups is 1. The van der Waals surface area contributed by atoms with Gasteiger partial charge in [0.05, 0.1) is 35.9 Å². The first-order valence-corrected chi connectivity index (χ1v) is 10.0. The molecule has 0 fully saturated rings. The van der Waals surface area contributed by atoms with E-state index < -0.39 is 42.4 Å². The lowest BCUT2D eigenvalue weighted by Gasteiger charge is -2.29. The van der Waals surface area contributed by atoms with Crippen molar-refractivity contribution < 1.29 is 37.0 Å². The highest BCUT2D eigenvalue weighted by atomic mass is 19.4. The topological polar surface area (TPSA) is 93.7 Å². The highest BCUT2D eigenvalue weighted by molar-refractivity contribution is 5.95. The Kier molecular flexibility index (Phi) is 7.37. The van der Waals surface area contributed by atoms with Gasteiger partial charge in [0.15, 0.2) is 0 Å². The Morgan fingerprint density at radius 2 is 1.67 bits per heavy atom. The number of ether oxygens (including phenoxy) is 2. The van der Waals surface area contributed by atoms with E-state index in [2.05, 4.69) is 10.6 Å². The van der Waals surface area contributed by atoms with E-state index in [1.165, 1.54) is 12.1 Å². The number of nitrogens with one attached hydrogen (secondary N) is 2. The summed E-state index contributed by atoms with van der Waals surface area (Å²) >= 11 is 0. The first kappa shape index (κ1) is 23.8. The van der Waals surface area contributed by atoms with E-state index in [1.54, 1.807) is 37.3 Å². The SMILES string of the molecule is CCOC(=O)C1=C(COC(=O)Cc2ccc(C(F)(F)F)cc2)NC(=O)NC1c1ccccc1. The van der Waals surface area contributed by atoms with E-state index in [0.717, 1.165) is 12.1 Å². The fourth-order valence-electron chi connectivity index (χ4n) is 3.26. The van der Waals surface area contributed by atoms with Gasteiger partial charge in [-0.2, -0.15) is 13.2 Å². The molecule has 2 N–H and O–H groups in total. The molecule has 1 aliphatic rings. The fourth-order valence-corrected chi connectivity index (χ4v) is 3.26. The molecular formula is C23H21F3N2O5. The number of halogens is 3. The summed E-state index contributed by atoms with van der Waals surface area (Å²) in [7, 11) is 0. The van der Waals surface area contributed by atoms with Crippen LogP contribution in [0.2, 0.25) is 0 Å². The molecule has 2 amide bonds. The van der Waals surface area contributed by atoms with E-state index in [0.29, 0.717) is 11.1 Å². The fraction of sp³-hybridized carbons (Fsp3) is 0.261. The normalized spacial score (nSPS) is 16.0. The highest BCUT2D eigenvalue weighted by Crippen LogP contribution is 2.30. The summed E-state index contributed by atoms with van der Waals surface area (Å²) in [5.74, 6) is -1.43. The van der Waals surface area contributed by atoms with Crippen LogP contribution >= 0.6 is 0 Å². The van der Waals surface area contributed by atoms with E-state index in [4.69, 9.17) is 9.47 Å². The third-order valence-electron chi connectivity index (χ3n) is 4.79. The second-order valence-electron chi connectivity index (χ2n) is 7.09. The molecule has 1 heterocycles. The van der Waals surface area contributed by atoms with Crippen molar-refractivity contribution in [2.45, 2.75) is 25.6 Å². The van der Waals surface area contributed by atoms with Crippen molar-refractivity contribution in [2.24, 2.45) is 0 Å². The number of alkyl halides is 3. The maximum Gasteiger partial charge on any atom is 0.416 e. The van der Waals surface area contributed by atoms with Crippen LogP contribution in [-0.4, -0.2) is 31.2 Å². The molecule has 0 spiro atoms. The van der Waals surface area contributed by atoms with Crippen LogP contribution < -0.4 is 10.6 Å². The van der Waals surface area contributed by atoms with Crippen molar-refractivity contribution in [3.05, 3.63) is 82.6 Å². The largest absolute Gasteiger partial charge is 0.463 e. The van der Waals surface area contributed by atoms with Crippen molar-refractivity contribution in [3.63, 3.8) is 0 Å². The average molecular weight is 462 g/mol. The molecule has 0 bridgehead atoms. The molecule has 1 unspecified atom stereocenters. The van der Waals surface area contributed by atoms with Crippen LogP contribution in [0.5, 0.6) is 0 Å². The monoisotopic (exact) mass is 462 g/mol. The van der Waals surface area contributed by atoms with Crippen LogP contribution in [-0.2, 0) is 31.7 Å². The number of rotatable bonds is 7. The van der Waals surface area contributed by atoms with E-state index >= 15 is 0 Å². The molecule has 33 heavy (non-hydrogen) atoms. The first-order valence-electron chi connectivity index (χ1n) is 10.0.